The predicted molar refractivity (Wildman–Crippen MR) is 132 cm³/mol. The largest absolute Gasteiger partial charge is 0.489 e. The lowest BCUT2D eigenvalue weighted by Gasteiger charge is -2.17. The number of carbonyl (C=O) groups is 1. The molecule has 0 aromatic heterocycles. The highest BCUT2D eigenvalue weighted by atomic mass is 79.9. The van der Waals surface area contributed by atoms with Crippen LogP contribution in [0.1, 0.15) is 18.9 Å². The van der Waals surface area contributed by atoms with Gasteiger partial charge in [-0.1, -0.05) is 65.8 Å². The SMILES string of the molecule is C=CCOc1ccc(Br)cc1C=NNC(=O)C(CC)Oc1ccc2ccccc2c1Br. The van der Waals surface area contributed by atoms with Crippen molar-refractivity contribution in [3.05, 3.63) is 81.8 Å². The number of hydrazone groups is 1. The van der Waals surface area contributed by atoms with E-state index < -0.39 is 6.10 Å². The number of carbonyl (C=O) groups excluding carboxylic acids is 1. The zero-order valence-electron chi connectivity index (χ0n) is 17.0. The zero-order valence-corrected chi connectivity index (χ0v) is 20.1. The van der Waals surface area contributed by atoms with Crippen molar-refractivity contribution in [3.63, 3.8) is 0 Å². The molecular formula is C24H22Br2N2O3. The summed E-state index contributed by atoms with van der Waals surface area (Å²) < 4.78 is 13.3. The third kappa shape index (κ3) is 5.95. The van der Waals surface area contributed by atoms with E-state index in [0.717, 1.165) is 25.3 Å². The van der Waals surface area contributed by atoms with Crippen LogP contribution in [-0.2, 0) is 4.79 Å². The first-order chi connectivity index (χ1) is 15.0. The minimum absolute atomic E-state index is 0.331. The highest BCUT2D eigenvalue weighted by Crippen LogP contribution is 2.33. The fraction of sp³-hybridized carbons (Fsp3) is 0.167. The average Bonchev–Trinajstić information content (AvgIpc) is 2.78. The number of nitrogens with zero attached hydrogens (tertiary/aromatic N) is 1. The number of fused-ring (bicyclic) bond motifs is 1. The fourth-order valence-electron chi connectivity index (χ4n) is 2.92. The Bertz CT molecular complexity index is 1120. The minimum atomic E-state index is -0.686. The van der Waals surface area contributed by atoms with Crippen LogP contribution >= 0.6 is 31.9 Å². The second-order valence-corrected chi connectivity index (χ2v) is 8.34. The number of hydrogen-bond acceptors (Lipinski definition) is 4. The van der Waals surface area contributed by atoms with Crippen LogP contribution in [0.25, 0.3) is 10.8 Å². The maximum Gasteiger partial charge on any atom is 0.281 e. The van der Waals surface area contributed by atoms with Gasteiger partial charge in [0.15, 0.2) is 6.10 Å². The van der Waals surface area contributed by atoms with Crippen molar-refractivity contribution in [1.29, 1.82) is 0 Å². The smallest absolute Gasteiger partial charge is 0.281 e. The lowest BCUT2D eigenvalue weighted by atomic mass is 10.1. The summed E-state index contributed by atoms with van der Waals surface area (Å²) in [5.41, 5.74) is 3.29. The van der Waals surface area contributed by atoms with Gasteiger partial charge in [-0.05, 0) is 57.4 Å². The van der Waals surface area contributed by atoms with Gasteiger partial charge < -0.3 is 9.47 Å². The highest BCUT2D eigenvalue weighted by Gasteiger charge is 2.20. The normalized spacial score (nSPS) is 12.0. The summed E-state index contributed by atoms with van der Waals surface area (Å²) in [6, 6.07) is 17.3. The molecule has 0 spiro atoms. The molecule has 7 heteroatoms. The van der Waals surface area contributed by atoms with E-state index in [4.69, 9.17) is 9.47 Å². The fourth-order valence-corrected chi connectivity index (χ4v) is 3.88. The van der Waals surface area contributed by atoms with Gasteiger partial charge in [-0.2, -0.15) is 5.10 Å². The van der Waals surface area contributed by atoms with E-state index >= 15 is 0 Å². The Labute approximate surface area is 198 Å². The van der Waals surface area contributed by atoms with Crippen LogP contribution < -0.4 is 14.9 Å². The van der Waals surface area contributed by atoms with Gasteiger partial charge in [0, 0.05) is 10.0 Å². The molecule has 5 nitrogen and oxygen atoms in total. The van der Waals surface area contributed by atoms with Crippen LogP contribution in [0.15, 0.2) is 81.3 Å². The highest BCUT2D eigenvalue weighted by molar-refractivity contribution is 9.11. The standard InChI is InChI=1S/C24H22Br2N2O3/c1-3-13-30-21-12-10-18(25)14-17(21)15-27-28-24(29)20(4-2)31-22-11-9-16-7-5-6-8-19(16)23(22)26/h3,5-12,14-15,20H,1,4,13H2,2H3,(H,28,29). The number of rotatable bonds is 9. The molecule has 0 aliphatic rings. The Morgan fingerprint density at radius 2 is 1.94 bits per heavy atom. The summed E-state index contributed by atoms with van der Waals surface area (Å²) >= 11 is 7.03. The van der Waals surface area contributed by atoms with Crippen molar-refractivity contribution in [2.75, 3.05) is 6.61 Å². The molecule has 0 saturated heterocycles. The topological polar surface area (TPSA) is 59.9 Å². The first-order valence-corrected chi connectivity index (χ1v) is 11.3. The van der Waals surface area contributed by atoms with Crippen LogP contribution in [0.4, 0.5) is 0 Å². The lowest BCUT2D eigenvalue weighted by Crippen LogP contribution is -2.35. The van der Waals surface area contributed by atoms with Gasteiger partial charge in [-0.25, -0.2) is 5.43 Å². The molecule has 3 aromatic rings. The Kier molecular flexibility index (Phi) is 8.26. The monoisotopic (exact) mass is 544 g/mol. The van der Waals surface area contributed by atoms with Crippen LogP contribution in [0, 0.1) is 0 Å². The molecular weight excluding hydrogens is 524 g/mol. The molecule has 1 atom stereocenters. The molecule has 160 valence electrons. The van der Waals surface area contributed by atoms with Gasteiger partial charge in [-0.3, -0.25) is 4.79 Å². The number of halogens is 2. The zero-order chi connectivity index (χ0) is 22.2. The molecule has 3 rings (SSSR count). The predicted octanol–water partition coefficient (Wildman–Crippen LogP) is 6.24. The number of nitrogens with one attached hydrogen (secondary N) is 1. The number of benzene rings is 3. The van der Waals surface area contributed by atoms with E-state index in [2.05, 4.69) is 49.0 Å². The number of ether oxygens (including phenoxy) is 2. The van der Waals surface area contributed by atoms with Gasteiger partial charge in [0.05, 0.1) is 10.7 Å². The Morgan fingerprint density at radius 1 is 1.16 bits per heavy atom. The van der Waals surface area contributed by atoms with Gasteiger partial charge in [0.2, 0.25) is 0 Å². The third-order valence-electron chi connectivity index (χ3n) is 4.47. The van der Waals surface area contributed by atoms with E-state index in [1.807, 2.05) is 61.5 Å². The summed E-state index contributed by atoms with van der Waals surface area (Å²) in [4.78, 5) is 12.6. The molecule has 1 N–H and O–H groups in total. The second kappa shape index (κ2) is 11.1. The van der Waals surface area contributed by atoms with Crippen molar-refractivity contribution in [1.82, 2.24) is 5.43 Å². The maximum atomic E-state index is 12.6. The minimum Gasteiger partial charge on any atom is -0.489 e. The second-order valence-electron chi connectivity index (χ2n) is 6.63. The maximum absolute atomic E-state index is 12.6. The van der Waals surface area contributed by atoms with E-state index in [1.54, 1.807) is 12.3 Å². The number of hydrogen-bond donors (Lipinski definition) is 1. The molecule has 1 amide bonds. The molecule has 0 aliphatic heterocycles. The van der Waals surface area contributed by atoms with Gasteiger partial charge in [0.1, 0.15) is 18.1 Å². The summed E-state index contributed by atoms with van der Waals surface area (Å²) in [5, 5.41) is 6.20. The molecule has 0 aliphatic carbocycles. The average molecular weight is 546 g/mol. The van der Waals surface area contributed by atoms with Crippen molar-refractivity contribution in [3.8, 4) is 11.5 Å². The van der Waals surface area contributed by atoms with E-state index in [0.29, 0.717) is 24.5 Å². The van der Waals surface area contributed by atoms with Crippen molar-refractivity contribution in [2.24, 2.45) is 5.10 Å². The molecule has 0 radical (unpaired) electrons. The third-order valence-corrected chi connectivity index (χ3v) is 5.78. The summed E-state index contributed by atoms with van der Waals surface area (Å²) in [6.45, 7) is 5.92. The van der Waals surface area contributed by atoms with Crippen molar-refractivity contribution < 1.29 is 14.3 Å². The van der Waals surface area contributed by atoms with Crippen LogP contribution in [0.5, 0.6) is 11.5 Å². The van der Waals surface area contributed by atoms with Gasteiger partial charge >= 0.3 is 0 Å². The van der Waals surface area contributed by atoms with Crippen LogP contribution in [0.2, 0.25) is 0 Å². The summed E-state index contributed by atoms with van der Waals surface area (Å²) in [6.07, 6.45) is 3.01. The molecule has 3 aromatic carbocycles. The first-order valence-electron chi connectivity index (χ1n) is 9.73. The molecule has 0 bridgehead atoms. The lowest BCUT2D eigenvalue weighted by molar-refractivity contribution is -0.128. The summed E-state index contributed by atoms with van der Waals surface area (Å²) in [7, 11) is 0. The Morgan fingerprint density at radius 3 is 2.71 bits per heavy atom. The van der Waals surface area contributed by atoms with Crippen LogP contribution in [-0.4, -0.2) is 24.8 Å². The molecule has 0 heterocycles. The van der Waals surface area contributed by atoms with Crippen LogP contribution in [0.3, 0.4) is 0 Å². The van der Waals surface area contributed by atoms with Crippen molar-refractivity contribution >= 4 is 54.8 Å². The Balaban J connectivity index is 1.70. The molecule has 0 fully saturated rings. The molecule has 31 heavy (non-hydrogen) atoms. The van der Waals surface area contributed by atoms with Gasteiger partial charge in [0.25, 0.3) is 5.91 Å². The Hall–Kier alpha value is -2.64. The molecule has 0 saturated carbocycles. The first kappa shape index (κ1) is 23.0. The van der Waals surface area contributed by atoms with Crippen molar-refractivity contribution in [2.45, 2.75) is 19.4 Å². The van der Waals surface area contributed by atoms with E-state index in [9.17, 15) is 4.79 Å². The van der Waals surface area contributed by atoms with E-state index in [1.165, 1.54) is 0 Å². The van der Waals surface area contributed by atoms with E-state index in [-0.39, 0.29) is 5.91 Å². The quantitative estimate of drug-likeness (QED) is 0.197. The van der Waals surface area contributed by atoms with Gasteiger partial charge in [-0.15, -0.1) is 0 Å². The number of amides is 1. The molecule has 1 unspecified atom stereocenters. The summed E-state index contributed by atoms with van der Waals surface area (Å²) in [5.74, 6) is 0.920.